The molecule has 202 valence electrons. The topological polar surface area (TPSA) is 150 Å². The van der Waals surface area contributed by atoms with Crippen molar-refractivity contribution in [2.75, 3.05) is 17.2 Å². The first-order valence-electron chi connectivity index (χ1n) is 10.8. The Labute approximate surface area is 215 Å². The molecule has 0 unspecified atom stereocenters. The molecule has 0 bridgehead atoms. The molecule has 0 spiro atoms. The molecule has 39 heavy (non-hydrogen) atoms. The van der Waals surface area contributed by atoms with Crippen molar-refractivity contribution in [1.29, 1.82) is 0 Å². The summed E-state index contributed by atoms with van der Waals surface area (Å²) in [6, 6.07) is 2.58. The van der Waals surface area contributed by atoms with Gasteiger partial charge >= 0.3 is 12.3 Å². The number of aromatic nitrogens is 7. The zero-order valence-electron chi connectivity index (χ0n) is 19.7. The van der Waals surface area contributed by atoms with E-state index < -0.39 is 35.6 Å². The van der Waals surface area contributed by atoms with Gasteiger partial charge in [0.05, 0.1) is 30.8 Å². The lowest BCUT2D eigenvalue weighted by Gasteiger charge is -2.09. The number of amides is 2. The molecule has 0 saturated carbocycles. The summed E-state index contributed by atoms with van der Waals surface area (Å²) in [6.45, 7) is -0.281. The first-order chi connectivity index (χ1) is 18.5. The normalized spacial score (nSPS) is 11.2. The van der Waals surface area contributed by atoms with Crippen molar-refractivity contribution in [1.82, 2.24) is 34.9 Å². The van der Waals surface area contributed by atoms with E-state index in [0.29, 0.717) is 6.07 Å². The number of ether oxygens (including phenoxy) is 1. The van der Waals surface area contributed by atoms with Crippen LogP contribution in [-0.2, 0) is 24.4 Å². The molecule has 0 aliphatic carbocycles. The second kappa shape index (κ2) is 11.1. The second-order valence-electron chi connectivity index (χ2n) is 7.70. The van der Waals surface area contributed by atoms with Crippen LogP contribution in [0.15, 0.2) is 43.0 Å². The standard InChI is InChI=1S/C22H16F5N9O3/c1-36-19(33-21(38)39-5-4-11-6-13(23)8-31-18(11)24)17(34-35-36)14-9-30-16(10-28-14)32-20(37)12-2-3-15(29-7-12)22(25,26)27/h2-3,6-10H,4-5H2,1H3,(H,33,38)(H,30,32,37). The van der Waals surface area contributed by atoms with Crippen molar-refractivity contribution in [3.63, 3.8) is 0 Å². The highest BCUT2D eigenvalue weighted by atomic mass is 19.4. The van der Waals surface area contributed by atoms with E-state index in [1.807, 2.05) is 0 Å². The highest BCUT2D eigenvalue weighted by molar-refractivity contribution is 6.03. The van der Waals surface area contributed by atoms with E-state index in [9.17, 15) is 31.5 Å². The molecule has 12 nitrogen and oxygen atoms in total. The first-order valence-corrected chi connectivity index (χ1v) is 10.8. The molecule has 0 aliphatic heterocycles. The van der Waals surface area contributed by atoms with Crippen molar-refractivity contribution in [3.05, 3.63) is 71.6 Å². The van der Waals surface area contributed by atoms with E-state index in [0.717, 1.165) is 30.7 Å². The van der Waals surface area contributed by atoms with Crippen LogP contribution in [0.4, 0.5) is 38.4 Å². The van der Waals surface area contributed by atoms with E-state index in [4.69, 9.17) is 4.74 Å². The quantitative estimate of drug-likeness (QED) is 0.261. The molecule has 0 radical (unpaired) electrons. The van der Waals surface area contributed by atoms with Crippen LogP contribution in [0.25, 0.3) is 11.4 Å². The van der Waals surface area contributed by atoms with Gasteiger partial charge in [0.2, 0.25) is 5.95 Å². The number of aryl methyl sites for hydroxylation is 1. The Bertz CT molecular complexity index is 1490. The maximum Gasteiger partial charge on any atom is 0.433 e. The van der Waals surface area contributed by atoms with Crippen LogP contribution in [-0.4, -0.2) is 53.5 Å². The van der Waals surface area contributed by atoms with Gasteiger partial charge in [0.1, 0.15) is 17.2 Å². The molecule has 17 heteroatoms. The summed E-state index contributed by atoms with van der Waals surface area (Å²) in [7, 11) is 1.47. The van der Waals surface area contributed by atoms with Crippen LogP contribution in [0, 0.1) is 11.8 Å². The van der Waals surface area contributed by atoms with Gasteiger partial charge in [-0.2, -0.15) is 17.6 Å². The number of carbonyl (C=O) groups excluding carboxylic acids is 2. The minimum atomic E-state index is -4.64. The van der Waals surface area contributed by atoms with Crippen LogP contribution >= 0.6 is 0 Å². The number of alkyl halides is 3. The number of carbonyl (C=O) groups is 2. The number of anilines is 2. The Kier molecular flexibility index (Phi) is 7.68. The van der Waals surface area contributed by atoms with Gasteiger partial charge in [0.25, 0.3) is 5.91 Å². The lowest BCUT2D eigenvalue weighted by molar-refractivity contribution is -0.141. The van der Waals surface area contributed by atoms with Gasteiger partial charge in [-0.3, -0.25) is 15.1 Å². The molecular weight excluding hydrogens is 533 g/mol. The number of nitrogens with one attached hydrogen (secondary N) is 2. The Balaban J connectivity index is 1.37. The van der Waals surface area contributed by atoms with Crippen LogP contribution in [0.5, 0.6) is 0 Å². The maximum absolute atomic E-state index is 13.6. The molecule has 0 saturated heterocycles. The number of rotatable bonds is 7. The molecular formula is C22H16F5N9O3. The minimum Gasteiger partial charge on any atom is -0.449 e. The van der Waals surface area contributed by atoms with E-state index in [1.165, 1.54) is 17.9 Å². The van der Waals surface area contributed by atoms with Gasteiger partial charge in [0.15, 0.2) is 17.3 Å². The monoisotopic (exact) mass is 549 g/mol. The molecule has 2 N–H and O–H groups in total. The minimum absolute atomic E-state index is 0.0273. The average Bonchev–Trinajstić information content (AvgIpc) is 3.25. The van der Waals surface area contributed by atoms with E-state index >= 15 is 0 Å². The number of hydrogen-bond acceptors (Lipinski definition) is 9. The van der Waals surface area contributed by atoms with Crippen molar-refractivity contribution in [3.8, 4) is 11.4 Å². The Hall–Kier alpha value is -5.09. The highest BCUT2D eigenvalue weighted by Gasteiger charge is 2.32. The number of nitrogens with zero attached hydrogens (tertiary/aromatic N) is 7. The van der Waals surface area contributed by atoms with E-state index in [-0.39, 0.29) is 47.2 Å². The van der Waals surface area contributed by atoms with Gasteiger partial charge in [-0.05, 0) is 18.2 Å². The molecule has 4 rings (SSSR count). The third-order valence-electron chi connectivity index (χ3n) is 4.98. The Morgan fingerprint density at radius 1 is 1.00 bits per heavy atom. The predicted molar refractivity (Wildman–Crippen MR) is 122 cm³/mol. The second-order valence-corrected chi connectivity index (χ2v) is 7.70. The van der Waals surface area contributed by atoms with Crippen LogP contribution in [0.1, 0.15) is 21.6 Å². The third kappa shape index (κ3) is 6.62. The van der Waals surface area contributed by atoms with Gasteiger partial charge in [-0.1, -0.05) is 5.21 Å². The summed E-state index contributed by atoms with van der Waals surface area (Å²) in [5, 5.41) is 12.5. The molecule has 2 amide bonds. The van der Waals surface area contributed by atoms with Crippen molar-refractivity contribution >= 4 is 23.6 Å². The van der Waals surface area contributed by atoms with Gasteiger partial charge in [-0.15, -0.1) is 5.10 Å². The third-order valence-corrected chi connectivity index (χ3v) is 4.98. The van der Waals surface area contributed by atoms with E-state index in [1.54, 1.807) is 0 Å². The fourth-order valence-electron chi connectivity index (χ4n) is 3.10. The van der Waals surface area contributed by atoms with Gasteiger partial charge in [-0.25, -0.2) is 28.8 Å². The van der Waals surface area contributed by atoms with Crippen molar-refractivity contribution in [2.45, 2.75) is 12.6 Å². The van der Waals surface area contributed by atoms with Crippen LogP contribution < -0.4 is 10.6 Å². The fourth-order valence-corrected chi connectivity index (χ4v) is 3.10. The molecule has 0 fully saturated rings. The number of pyridine rings is 2. The summed E-state index contributed by atoms with van der Waals surface area (Å²) in [5.41, 5.74) is -1.11. The zero-order chi connectivity index (χ0) is 28.2. The van der Waals surface area contributed by atoms with Crippen LogP contribution in [0.2, 0.25) is 0 Å². The smallest absolute Gasteiger partial charge is 0.433 e. The van der Waals surface area contributed by atoms with Crippen molar-refractivity contribution < 1.29 is 36.3 Å². The zero-order valence-corrected chi connectivity index (χ0v) is 19.7. The van der Waals surface area contributed by atoms with Crippen LogP contribution in [0.3, 0.4) is 0 Å². The lowest BCUT2D eigenvalue weighted by atomic mass is 10.2. The summed E-state index contributed by atoms with van der Waals surface area (Å²) >= 11 is 0. The van der Waals surface area contributed by atoms with E-state index in [2.05, 4.69) is 40.9 Å². The molecule has 0 aromatic carbocycles. The Morgan fingerprint density at radius 2 is 1.79 bits per heavy atom. The summed E-state index contributed by atoms with van der Waals surface area (Å²) in [4.78, 5) is 39.1. The molecule has 0 atom stereocenters. The van der Waals surface area contributed by atoms with Gasteiger partial charge in [0, 0.05) is 25.2 Å². The molecule has 4 aromatic rings. The summed E-state index contributed by atoms with van der Waals surface area (Å²) < 4.78 is 71.0. The molecule has 4 heterocycles. The summed E-state index contributed by atoms with van der Waals surface area (Å²) in [6.07, 6.45) is -1.83. The largest absolute Gasteiger partial charge is 0.449 e. The van der Waals surface area contributed by atoms with Crippen molar-refractivity contribution in [2.24, 2.45) is 7.05 Å². The molecule has 4 aromatic heterocycles. The fraction of sp³-hybridized carbons (Fsp3) is 0.182. The number of halogens is 5. The summed E-state index contributed by atoms with van der Waals surface area (Å²) in [5.74, 6) is -2.34. The number of hydrogen-bond donors (Lipinski definition) is 2. The SMILES string of the molecule is Cn1nnc(-c2cnc(NC(=O)c3ccc(C(F)(F)F)nc3)cn2)c1NC(=O)OCCc1cc(F)cnc1F. The predicted octanol–water partition coefficient (Wildman–Crippen LogP) is 3.40. The lowest BCUT2D eigenvalue weighted by Crippen LogP contribution is -2.18. The maximum atomic E-state index is 13.6. The average molecular weight is 549 g/mol. The first kappa shape index (κ1) is 27.0. The van der Waals surface area contributed by atoms with Gasteiger partial charge < -0.3 is 10.1 Å². The molecule has 0 aliphatic rings. The Morgan fingerprint density at radius 3 is 2.46 bits per heavy atom. The highest BCUT2D eigenvalue weighted by Crippen LogP contribution is 2.27.